The molecule has 0 amide bonds. The maximum absolute atomic E-state index is 6.04. The van der Waals surface area contributed by atoms with Crippen LogP contribution in [0.15, 0.2) is 35.8 Å². The average Bonchev–Trinajstić information content (AvgIpc) is 2.97. The maximum Gasteiger partial charge on any atom is 0.194 e. The van der Waals surface area contributed by atoms with Crippen molar-refractivity contribution in [2.24, 2.45) is 0 Å². The van der Waals surface area contributed by atoms with Gasteiger partial charge in [-0.3, -0.25) is 4.40 Å². The van der Waals surface area contributed by atoms with Gasteiger partial charge < -0.3 is 5.32 Å². The minimum absolute atomic E-state index is 0.247. The Morgan fingerprint density at radius 2 is 2.30 bits per heavy atom. The zero-order chi connectivity index (χ0) is 14.1. The molecule has 0 saturated carbocycles. The maximum atomic E-state index is 6.04. The van der Waals surface area contributed by atoms with Gasteiger partial charge >= 0.3 is 0 Å². The third-order valence-corrected chi connectivity index (χ3v) is 4.48. The summed E-state index contributed by atoms with van der Waals surface area (Å²) in [6.07, 6.45) is 2.07. The molecule has 3 nitrogen and oxygen atoms in total. The van der Waals surface area contributed by atoms with E-state index >= 15 is 0 Å². The van der Waals surface area contributed by atoms with E-state index in [9.17, 15) is 0 Å². The zero-order valence-corrected chi connectivity index (χ0v) is 13.0. The van der Waals surface area contributed by atoms with Gasteiger partial charge in [0, 0.05) is 29.2 Å². The van der Waals surface area contributed by atoms with Crippen molar-refractivity contribution in [1.82, 2.24) is 14.7 Å². The summed E-state index contributed by atoms with van der Waals surface area (Å²) in [5.74, 6) is 0. The van der Waals surface area contributed by atoms with Gasteiger partial charge in [-0.15, -0.1) is 11.3 Å². The highest BCUT2D eigenvalue weighted by Crippen LogP contribution is 2.20. The van der Waals surface area contributed by atoms with E-state index in [1.54, 1.807) is 11.3 Å². The molecule has 0 saturated heterocycles. The lowest BCUT2D eigenvalue weighted by molar-refractivity contribution is 0.564. The number of hydrogen-bond donors (Lipinski definition) is 1. The predicted octanol–water partition coefficient (Wildman–Crippen LogP) is 4.21. The molecule has 3 aromatic rings. The van der Waals surface area contributed by atoms with Crippen molar-refractivity contribution in [3.63, 3.8) is 0 Å². The number of aromatic nitrogens is 2. The molecule has 5 heteroatoms. The topological polar surface area (TPSA) is 29.3 Å². The number of hydrogen-bond acceptors (Lipinski definition) is 3. The van der Waals surface area contributed by atoms with Crippen LogP contribution >= 0.6 is 22.9 Å². The molecule has 1 N–H and O–H groups in total. The molecule has 1 aromatic carbocycles. The van der Waals surface area contributed by atoms with Crippen LogP contribution in [0.1, 0.15) is 29.9 Å². The summed E-state index contributed by atoms with van der Waals surface area (Å²) in [7, 11) is 0. The molecule has 2 heterocycles. The molecule has 1 atom stereocenters. The number of aryl methyl sites for hydroxylation is 1. The van der Waals surface area contributed by atoms with Crippen LogP contribution in [-0.4, -0.2) is 9.38 Å². The summed E-state index contributed by atoms with van der Waals surface area (Å²) < 4.78 is 2.15. The van der Waals surface area contributed by atoms with E-state index in [0.717, 1.165) is 22.2 Å². The molecular weight excluding hydrogens is 290 g/mol. The lowest BCUT2D eigenvalue weighted by Crippen LogP contribution is -2.19. The molecule has 104 valence electrons. The molecule has 0 bridgehead atoms. The fraction of sp³-hybridized carbons (Fsp3) is 0.267. The Hall–Kier alpha value is -1.36. The SMILES string of the molecule is Cc1nc2sccn2c1CN[C@@H](C)c1cccc(Cl)c1. The highest BCUT2D eigenvalue weighted by Gasteiger charge is 2.11. The molecule has 0 aliphatic carbocycles. The van der Waals surface area contributed by atoms with Crippen LogP contribution in [-0.2, 0) is 6.54 Å². The van der Waals surface area contributed by atoms with E-state index in [1.165, 1.54) is 11.3 Å². The quantitative estimate of drug-likeness (QED) is 0.782. The second-order valence-corrected chi connectivity index (χ2v) is 6.17. The zero-order valence-electron chi connectivity index (χ0n) is 11.4. The van der Waals surface area contributed by atoms with Crippen LogP contribution in [0.25, 0.3) is 4.96 Å². The lowest BCUT2D eigenvalue weighted by Gasteiger charge is -2.14. The number of halogens is 1. The van der Waals surface area contributed by atoms with Crippen molar-refractivity contribution < 1.29 is 0 Å². The Labute approximate surface area is 127 Å². The molecule has 0 unspecified atom stereocenters. The molecule has 0 spiro atoms. The van der Waals surface area contributed by atoms with Crippen molar-refractivity contribution in [2.75, 3.05) is 0 Å². The Morgan fingerprint density at radius 3 is 3.10 bits per heavy atom. The molecular formula is C15H16ClN3S. The Morgan fingerprint density at radius 1 is 1.45 bits per heavy atom. The number of nitrogens with zero attached hydrogens (tertiary/aromatic N) is 2. The molecule has 0 aliphatic heterocycles. The van der Waals surface area contributed by atoms with Crippen LogP contribution in [0.4, 0.5) is 0 Å². The van der Waals surface area contributed by atoms with E-state index in [4.69, 9.17) is 11.6 Å². The van der Waals surface area contributed by atoms with Gasteiger partial charge in [-0.05, 0) is 31.5 Å². The Kier molecular flexibility index (Phi) is 3.78. The first-order chi connectivity index (χ1) is 9.65. The van der Waals surface area contributed by atoms with Crippen molar-refractivity contribution in [2.45, 2.75) is 26.4 Å². The number of benzene rings is 1. The van der Waals surface area contributed by atoms with E-state index < -0.39 is 0 Å². The molecule has 2 aromatic heterocycles. The highest BCUT2D eigenvalue weighted by atomic mass is 35.5. The fourth-order valence-electron chi connectivity index (χ4n) is 2.30. The van der Waals surface area contributed by atoms with E-state index in [1.807, 2.05) is 18.2 Å². The van der Waals surface area contributed by atoms with Gasteiger partial charge in [0.2, 0.25) is 0 Å². The van der Waals surface area contributed by atoms with E-state index in [-0.39, 0.29) is 6.04 Å². The monoisotopic (exact) mass is 305 g/mol. The van der Waals surface area contributed by atoms with Crippen LogP contribution in [0, 0.1) is 6.92 Å². The number of nitrogens with one attached hydrogen (secondary N) is 1. The van der Waals surface area contributed by atoms with Gasteiger partial charge in [-0.2, -0.15) is 0 Å². The standard InChI is InChI=1S/C15H16ClN3S/c1-10(12-4-3-5-13(16)8-12)17-9-14-11(2)18-15-19(14)6-7-20-15/h3-8,10,17H,9H2,1-2H3/t10-/m0/s1. The Bertz CT molecular complexity index is 732. The third-order valence-electron chi connectivity index (χ3n) is 3.49. The van der Waals surface area contributed by atoms with E-state index in [0.29, 0.717) is 0 Å². The minimum atomic E-state index is 0.247. The van der Waals surface area contributed by atoms with Crippen molar-refractivity contribution in [3.05, 3.63) is 57.8 Å². The largest absolute Gasteiger partial charge is 0.305 e. The van der Waals surface area contributed by atoms with Gasteiger partial charge in [0.05, 0.1) is 11.4 Å². The number of thiazole rings is 1. The van der Waals surface area contributed by atoms with Gasteiger partial charge in [0.1, 0.15) is 0 Å². The minimum Gasteiger partial charge on any atom is -0.305 e. The Balaban J connectivity index is 1.76. The molecule has 0 aliphatic rings. The van der Waals surface area contributed by atoms with Crippen LogP contribution < -0.4 is 5.32 Å². The van der Waals surface area contributed by atoms with Crippen molar-refractivity contribution in [1.29, 1.82) is 0 Å². The van der Waals surface area contributed by atoms with Gasteiger partial charge in [-0.25, -0.2) is 4.98 Å². The summed E-state index contributed by atoms with van der Waals surface area (Å²) >= 11 is 7.70. The molecule has 0 radical (unpaired) electrons. The average molecular weight is 306 g/mol. The number of fused-ring (bicyclic) bond motifs is 1. The summed E-state index contributed by atoms with van der Waals surface area (Å²) in [5.41, 5.74) is 3.50. The second kappa shape index (κ2) is 5.56. The summed E-state index contributed by atoms with van der Waals surface area (Å²) in [5, 5.41) is 6.37. The predicted molar refractivity (Wildman–Crippen MR) is 84.5 cm³/mol. The fourth-order valence-corrected chi connectivity index (χ4v) is 3.27. The molecule has 20 heavy (non-hydrogen) atoms. The van der Waals surface area contributed by atoms with Crippen molar-refractivity contribution in [3.8, 4) is 0 Å². The van der Waals surface area contributed by atoms with Crippen LogP contribution in [0.5, 0.6) is 0 Å². The number of imidazole rings is 1. The van der Waals surface area contributed by atoms with Crippen molar-refractivity contribution >= 4 is 27.9 Å². The van der Waals surface area contributed by atoms with E-state index in [2.05, 4.69) is 46.2 Å². The normalized spacial score (nSPS) is 12.9. The highest BCUT2D eigenvalue weighted by molar-refractivity contribution is 7.15. The van der Waals surface area contributed by atoms with Crippen LogP contribution in [0.2, 0.25) is 5.02 Å². The van der Waals surface area contributed by atoms with Gasteiger partial charge in [0.15, 0.2) is 4.96 Å². The van der Waals surface area contributed by atoms with Gasteiger partial charge in [0.25, 0.3) is 0 Å². The summed E-state index contributed by atoms with van der Waals surface area (Å²) in [6, 6.07) is 8.22. The first kappa shape index (κ1) is 13.6. The van der Waals surface area contributed by atoms with Crippen LogP contribution in [0.3, 0.4) is 0 Å². The smallest absolute Gasteiger partial charge is 0.194 e. The lowest BCUT2D eigenvalue weighted by atomic mass is 10.1. The first-order valence-electron chi connectivity index (χ1n) is 6.55. The molecule has 0 fully saturated rings. The summed E-state index contributed by atoms with van der Waals surface area (Å²) in [6.45, 7) is 4.99. The van der Waals surface area contributed by atoms with Gasteiger partial charge in [-0.1, -0.05) is 23.7 Å². The first-order valence-corrected chi connectivity index (χ1v) is 7.81. The summed E-state index contributed by atoms with van der Waals surface area (Å²) in [4.78, 5) is 5.61. The number of rotatable bonds is 4. The third kappa shape index (κ3) is 2.59. The second-order valence-electron chi connectivity index (χ2n) is 4.86. The molecule has 3 rings (SSSR count).